The maximum Gasteiger partial charge on any atom is 0.262 e. The van der Waals surface area contributed by atoms with E-state index in [0.29, 0.717) is 6.42 Å². The fraction of sp³-hybridized carbons (Fsp3) is 0.412. The van der Waals surface area contributed by atoms with E-state index in [2.05, 4.69) is 5.32 Å². The van der Waals surface area contributed by atoms with E-state index >= 15 is 0 Å². The number of nitrogens with one attached hydrogen (secondary N) is 1. The van der Waals surface area contributed by atoms with Crippen LogP contribution in [0.15, 0.2) is 23.8 Å². The average Bonchev–Trinajstić information content (AvgIpc) is 3.05. The minimum absolute atomic E-state index is 0.0359. The van der Waals surface area contributed by atoms with Gasteiger partial charge in [0.25, 0.3) is 5.91 Å². The lowest BCUT2D eigenvalue weighted by Crippen LogP contribution is -2.36. The Balaban J connectivity index is 1.74. The van der Waals surface area contributed by atoms with Crippen molar-refractivity contribution in [1.82, 2.24) is 5.32 Å². The standard InChI is InChI=1S/C17H18N2O4S/c1-11-6-13-7-12(2-3-16(13)23-11)8-14(9-18)17(20)19-15-4-5-24(21,22)10-15/h2-3,7-8,11,15H,4-6,10H2,1H3,(H,19,20)/b14-8+/t11-,15+/m1/s1. The van der Waals surface area contributed by atoms with Gasteiger partial charge in [-0.2, -0.15) is 5.26 Å². The first-order valence-electron chi connectivity index (χ1n) is 7.79. The first kappa shape index (κ1) is 16.5. The number of rotatable bonds is 3. The van der Waals surface area contributed by atoms with Gasteiger partial charge in [-0.15, -0.1) is 0 Å². The van der Waals surface area contributed by atoms with Crippen molar-refractivity contribution in [2.24, 2.45) is 0 Å². The highest BCUT2D eigenvalue weighted by Gasteiger charge is 2.29. The molecule has 0 aliphatic carbocycles. The molecule has 0 spiro atoms. The number of nitrogens with zero attached hydrogens (tertiary/aromatic N) is 1. The Bertz CT molecular complexity index is 852. The van der Waals surface area contributed by atoms with Crippen LogP contribution in [0, 0.1) is 11.3 Å². The van der Waals surface area contributed by atoms with Crippen LogP contribution in [0.5, 0.6) is 5.75 Å². The highest BCUT2D eigenvalue weighted by atomic mass is 32.2. The smallest absolute Gasteiger partial charge is 0.262 e. The van der Waals surface area contributed by atoms with Gasteiger partial charge in [-0.3, -0.25) is 4.79 Å². The maximum absolute atomic E-state index is 12.2. The lowest BCUT2D eigenvalue weighted by Gasteiger charge is -2.10. The zero-order valence-corrected chi connectivity index (χ0v) is 14.1. The molecule has 0 radical (unpaired) electrons. The summed E-state index contributed by atoms with van der Waals surface area (Å²) in [5.41, 5.74) is 1.76. The van der Waals surface area contributed by atoms with Gasteiger partial charge >= 0.3 is 0 Å². The van der Waals surface area contributed by atoms with Crippen LogP contribution in [-0.4, -0.2) is 38.0 Å². The van der Waals surface area contributed by atoms with Gasteiger partial charge in [0.1, 0.15) is 23.5 Å². The summed E-state index contributed by atoms with van der Waals surface area (Å²) >= 11 is 0. The average molecular weight is 346 g/mol. The van der Waals surface area contributed by atoms with Crippen molar-refractivity contribution >= 4 is 21.8 Å². The molecular formula is C17H18N2O4S. The van der Waals surface area contributed by atoms with Crippen molar-refractivity contribution < 1.29 is 17.9 Å². The zero-order chi connectivity index (χ0) is 17.3. The highest BCUT2D eigenvalue weighted by Crippen LogP contribution is 2.30. The number of benzene rings is 1. The van der Waals surface area contributed by atoms with Crippen molar-refractivity contribution in [3.05, 3.63) is 34.9 Å². The number of fused-ring (bicyclic) bond motifs is 1. The van der Waals surface area contributed by atoms with Gasteiger partial charge in [-0.05, 0) is 42.7 Å². The summed E-state index contributed by atoms with van der Waals surface area (Å²) in [6, 6.07) is 7.00. The summed E-state index contributed by atoms with van der Waals surface area (Å²) in [4.78, 5) is 12.2. The predicted octanol–water partition coefficient (Wildman–Crippen LogP) is 1.22. The molecule has 2 aliphatic rings. The lowest BCUT2D eigenvalue weighted by atomic mass is 10.0. The molecular weight excluding hydrogens is 328 g/mol. The fourth-order valence-corrected chi connectivity index (χ4v) is 4.69. The summed E-state index contributed by atoms with van der Waals surface area (Å²) in [5, 5.41) is 11.9. The van der Waals surface area contributed by atoms with Crippen molar-refractivity contribution in [3.8, 4) is 11.8 Å². The van der Waals surface area contributed by atoms with Crippen LogP contribution >= 0.6 is 0 Å². The molecule has 0 saturated carbocycles. The monoisotopic (exact) mass is 346 g/mol. The van der Waals surface area contributed by atoms with Crippen LogP contribution in [0.2, 0.25) is 0 Å². The largest absolute Gasteiger partial charge is 0.490 e. The van der Waals surface area contributed by atoms with Crippen molar-refractivity contribution in [1.29, 1.82) is 5.26 Å². The van der Waals surface area contributed by atoms with Gasteiger partial charge in [-0.25, -0.2) is 8.42 Å². The molecule has 7 heteroatoms. The fourth-order valence-electron chi connectivity index (χ4n) is 3.02. The minimum Gasteiger partial charge on any atom is -0.490 e. The third-order valence-corrected chi connectivity index (χ3v) is 5.93. The van der Waals surface area contributed by atoms with Crippen LogP contribution in [-0.2, 0) is 21.1 Å². The third kappa shape index (κ3) is 3.60. The third-order valence-electron chi connectivity index (χ3n) is 4.16. The molecule has 2 heterocycles. The van der Waals surface area contributed by atoms with Crippen LogP contribution < -0.4 is 10.1 Å². The van der Waals surface area contributed by atoms with Gasteiger partial charge in [0.05, 0.1) is 11.5 Å². The summed E-state index contributed by atoms with van der Waals surface area (Å²) in [6.07, 6.45) is 2.83. The number of carbonyl (C=O) groups excluding carboxylic acids is 1. The zero-order valence-electron chi connectivity index (χ0n) is 13.3. The second-order valence-corrected chi connectivity index (χ2v) is 8.47. The number of amides is 1. The SMILES string of the molecule is C[C@@H]1Cc2cc(/C=C(\C#N)C(=O)N[C@H]3CCS(=O)(=O)C3)ccc2O1. The van der Waals surface area contributed by atoms with Crippen LogP contribution in [0.25, 0.3) is 6.08 Å². The summed E-state index contributed by atoms with van der Waals surface area (Å²) in [6.45, 7) is 1.99. The van der Waals surface area contributed by atoms with E-state index in [4.69, 9.17) is 4.74 Å². The topological polar surface area (TPSA) is 96.3 Å². The highest BCUT2D eigenvalue weighted by molar-refractivity contribution is 7.91. The Labute approximate surface area is 141 Å². The van der Waals surface area contributed by atoms with E-state index in [1.165, 1.54) is 6.08 Å². The molecule has 6 nitrogen and oxygen atoms in total. The Hall–Kier alpha value is -2.33. The summed E-state index contributed by atoms with van der Waals surface area (Å²) in [7, 11) is -3.08. The molecule has 0 unspecified atom stereocenters. The summed E-state index contributed by atoms with van der Waals surface area (Å²) < 4.78 is 28.5. The second-order valence-electron chi connectivity index (χ2n) is 6.24. The maximum atomic E-state index is 12.2. The van der Waals surface area contributed by atoms with E-state index in [0.717, 1.165) is 23.3 Å². The molecule has 1 saturated heterocycles. The number of carbonyl (C=O) groups is 1. The number of hydrogen-bond acceptors (Lipinski definition) is 5. The first-order chi connectivity index (χ1) is 11.4. The van der Waals surface area contributed by atoms with Gasteiger partial charge in [0.2, 0.25) is 0 Å². The van der Waals surface area contributed by atoms with Gasteiger partial charge in [-0.1, -0.05) is 6.07 Å². The number of sulfone groups is 1. The van der Waals surface area contributed by atoms with Crippen LogP contribution in [0.4, 0.5) is 0 Å². The van der Waals surface area contributed by atoms with Crippen molar-refractivity contribution in [2.45, 2.75) is 31.9 Å². The molecule has 1 fully saturated rings. The molecule has 0 bridgehead atoms. The van der Waals surface area contributed by atoms with E-state index in [1.807, 2.05) is 25.1 Å². The second kappa shape index (κ2) is 6.29. The normalized spacial score (nSPS) is 24.8. The molecule has 126 valence electrons. The Kier molecular flexibility index (Phi) is 4.33. The van der Waals surface area contributed by atoms with E-state index < -0.39 is 21.8 Å². The molecule has 2 atom stereocenters. The molecule has 1 aromatic carbocycles. The molecule has 2 aliphatic heterocycles. The minimum atomic E-state index is -3.08. The van der Waals surface area contributed by atoms with Gasteiger partial charge < -0.3 is 10.1 Å². The molecule has 3 rings (SSSR count). The number of hydrogen-bond donors (Lipinski definition) is 1. The van der Waals surface area contributed by atoms with Gasteiger partial charge in [0, 0.05) is 12.5 Å². The van der Waals surface area contributed by atoms with Crippen LogP contribution in [0.1, 0.15) is 24.5 Å². The first-order valence-corrected chi connectivity index (χ1v) is 9.61. The van der Waals surface area contributed by atoms with Crippen molar-refractivity contribution in [3.63, 3.8) is 0 Å². The van der Waals surface area contributed by atoms with Gasteiger partial charge in [0.15, 0.2) is 9.84 Å². The van der Waals surface area contributed by atoms with E-state index in [1.54, 1.807) is 6.07 Å². The molecule has 1 N–H and O–H groups in total. The van der Waals surface area contributed by atoms with Crippen molar-refractivity contribution in [2.75, 3.05) is 11.5 Å². The predicted molar refractivity (Wildman–Crippen MR) is 89.0 cm³/mol. The molecule has 0 aromatic heterocycles. The number of ether oxygens (including phenoxy) is 1. The number of nitriles is 1. The molecule has 1 aromatic rings. The Morgan fingerprint density at radius 3 is 2.92 bits per heavy atom. The van der Waals surface area contributed by atoms with Crippen LogP contribution in [0.3, 0.4) is 0 Å². The molecule has 24 heavy (non-hydrogen) atoms. The lowest BCUT2D eigenvalue weighted by molar-refractivity contribution is -0.117. The van der Waals surface area contributed by atoms with E-state index in [-0.39, 0.29) is 23.2 Å². The molecule has 1 amide bonds. The summed E-state index contributed by atoms with van der Waals surface area (Å²) in [5.74, 6) is 0.307. The Morgan fingerprint density at radius 2 is 2.25 bits per heavy atom. The quantitative estimate of drug-likeness (QED) is 0.656. The Morgan fingerprint density at radius 1 is 1.46 bits per heavy atom. The van der Waals surface area contributed by atoms with E-state index in [9.17, 15) is 18.5 Å².